The van der Waals surface area contributed by atoms with Gasteiger partial charge in [-0.25, -0.2) is 0 Å². The van der Waals surface area contributed by atoms with E-state index < -0.39 is 0 Å². The van der Waals surface area contributed by atoms with Gasteiger partial charge in [-0.15, -0.1) is 0 Å². The lowest BCUT2D eigenvalue weighted by atomic mass is 10.2. The molecule has 0 saturated heterocycles. The van der Waals surface area contributed by atoms with Gasteiger partial charge in [-0.05, 0) is 6.92 Å². The van der Waals surface area contributed by atoms with Crippen LogP contribution in [0.2, 0.25) is 0 Å². The van der Waals surface area contributed by atoms with Gasteiger partial charge in [0.2, 0.25) is 12.8 Å². The highest BCUT2D eigenvalue weighted by Gasteiger charge is 2.09. The molecule has 5 heteroatoms. The van der Waals surface area contributed by atoms with Crippen LogP contribution in [-0.2, 0) is 14.3 Å². The van der Waals surface area contributed by atoms with Crippen LogP contribution in [0, 0.1) is 0 Å². The van der Waals surface area contributed by atoms with Crippen LogP contribution >= 0.6 is 0 Å². The molecule has 1 atom stereocenters. The number of carbonyl (C=O) groups is 2. The van der Waals surface area contributed by atoms with Crippen LogP contribution in [0.5, 0.6) is 0 Å². The quantitative estimate of drug-likeness (QED) is 0.393. The van der Waals surface area contributed by atoms with Gasteiger partial charge in [-0.2, -0.15) is 0 Å². The van der Waals surface area contributed by atoms with E-state index in [-0.39, 0.29) is 12.3 Å². The highest BCUT2D eigenvalue weighted by molar-refractivity contribution is 5.50. The fourth-order valence-corrected chi connectivity index (χ4v) is 0.777. The van der Waals surface area contributed by atoms with Crippen molar-refractivity contribution in [1.29, 1.82) is 0 Å². The smallest absolute Gasteiger partial charge is 0.208 e. The fourth-order valence-electron chi connectivity index (χ4n) is 0.777. The van der Waals surface area contributed by atoms with E-state index in [4.69, 9.17) is 4.74 Å². The fraction of sp³-hybridized carbons (Fsp3) is 0.714. The van der Waals surface area contributed by atoms with Crippen molar-refractivity contribution in [1.82, 2.24) is 10.6 Å². The topological polar surface area (TPSA) is 67.4 Å². The van der Waals surface area contributed by atoms with E-state index in [9.17, 15) is 9.59 Å². The summed E-state index contributed by atoms with van der Waals surface area (Å²) >= 11 is 0. The minimum atomic E-state index is -0.352. The average molecular weight is 174 g/mol. The van der Waals surface area contributed by atoms with Crippen LogP contribution in [0.25, 0.3) is 0 Å². The van der Waals surface area contributed by atoms with Crippen molar-refractivity contribution < 1.29 is 14.3 Å². The van der Waals surface area contributed by atoms with Crippen molar-refractivity contribution in [3.8, 4) is 0 Å². The van der Waals surface area contributed by atoms with Crippen molar-refractivity contribution in [2.75, 3.05) is 7.11 Å². The van der Waals surface area contributed by atoms with Crippen molar-refractivity contribution in [3.05, 3.63) is 0 Å². The molecule has 0 heterocycles. The molecule has 0 bridgehead atoms. The molecule has 2 amide bonds. The summed E-state index contributed by atoms with van der Waals surface area (Å²) in [7, 11) is 1.57. The summed E-state index contributed by atoms with van der Waals surface area (Å²) in [5.41, 5.74) is 0. The van der Waals surface area contributed by atoms with Crippen LogP contribution in [0.1, 0.15) is 13.3 Å². The molecule has 0 aromatic carbocycles. The van der Waals surface area contributed by atoms with Crippen molar-refractivity contribution in [2.24, 2.45) is 0 Å². The molecule has 0 aromatic rings. The third-order valence-electron chi connectivity index (χ3n) is 1.51. The van der Waals surface area contributed by atoms with Crippen molar-refractivity contribution in [3.63, 3.8) is 0 Å². The van der Waals surface area contributed by atoms with E-state index in [1.54, 1.807) is 7.11 Å². The minimum Gasteiger partial charge on any atom is -0.382 e. The second kappa shape index (κ2) is 6.60. The molecule has 0 aliphatic carbocycles. The molecule has 0 saturated carbocycles. The first kappa shape index (κ1) is 10.9. The van der Waals surface area contributed by atoms with E-state index in [0.717, 1.165) is 0 Å². The van der Waals surface area contributed by atoms with Gasteiger partial charge >= 0.3 is 0 Å². The third kappa shape index (κ3) is 4.68. The first-order valence-electron chi connectivity index (χ1n) is 3.66. The van der Waals surface area contributed by atoms with Crippen molar-refractivity contribution >= 4 is 12.8 Å². The molecule has 5 nitrogen and oxygen atoms in total. The molecule has 0 fully saturated rings. The Morgan fingerprint density at radius 3 is 2.17 bits per heavy atom. The Balaban J connectivity index is 3.75. The number of hydrogen-bond donors (Lipinski definition) is 2. The lowest BCUT2D eigenvalue weighted by molar-refractivity contribution is -0.112. The van der Waals surface area contributed by atoms with Gasteiger partial charge in [0.05, 0.1) is 6.10 Å². The monoisotopic (exact) mass is 174 g/mol. The standard InChI is InChI=1S/C7H14N2O3/c1-6(12-2)3-7(8-4-10)9-5-11/h4-7H,3H2,1-2H3,(H,8,10)(H,9,11). The predicted molar refractivity (Wildman–Crippen MR) is 43.3 cm³/mol. The van der Waals surface area contributed by atoms with Crippen LogP contribution in [0.15, 0.2) is 0 Å². The minimum absolute atomic E-state index is 0.00472. The van der Waals surface area contributed by atoms with Crippen molar-refractivity contribution in [2.45, 2.75) is 25.6 Å². The number of nitrogens with one attached hydrogen (secondary N) is 2. The summed E-state index contributed by atoms with van der Waals surface area (Å²) in [5.74, 6) is 0. The number of ether oxygens (including phenoxy) is 1. The molecule has 0 aliphatic rings. The number of methoxy groups -OCH3 is 1. The average Bonchev–Trinajstić information content (AvgIpc) is 2.05. The van der Waals surface area contributed by atoms with Crippen LogP contribution in [-0.4, -0.2) is 32.2 Å². The van der Waals surface area contributed by atoms with Crippen LogP contribution in [0.4, 0.5) is 0 Å². The largest absolute Gasteiger partial charge is 0.382 e. The second-order valence-corrected chi connectivity index (χ2v) is 2.40. The molecule has 0 rings (SSSR count). The van der Waals surface area contributed by atoms with Gasteiger partial charge in [0.15, 0.2) is 0 Å². The Hall–Kier alpha value is -1.10. The number of carbonyl (C=O) groups excluding carboxylic acids is 2. The van der Waals surface area contributed by atoms with Gasteiger partial charge in [0.25, 0.3) is 0 Å². The zero-order chi connectivity index (χ0) is 9.40. The molecular weight excluding hydrogens is 160 g/mol. The van der Waals surface area contributed by atoms with E-state index in [1.807, 2.05) is 6.92 Å². The maximum Gasteiger partial charge on any atom is 0.208 e. The maximum absolute atomic E-state index is 10.1. The summed E-state index contributed by atoms with van der Waals surface area (Å²) in [6, 6.07) is 0. The Morgan fingerprint density at radius 2 is 1.83 bits per heavy atom. The highest BCUT2D eigenvalue weighted by atomic mass is 16.5. The third-order valence-corrected chi connectivity index (χ3v) is 1.51. The molecule has 0 spiro atoms. The molecule has 0 radical (unpaired) electrons. The van der Waals surface area contributed by atoms with E-state index >= 15 is 0 Å². The second-order valence-electron chi connectivity index (χ2n) is 2.40. The highest BCUT2D eigenvalue weighted by Crippen LogP contribution is 1.97. The Kier molecular flexibility index (Phi) is 6.00. The van der Waals surface area contributed by atoms with Crippen LogP contribution in [0.3, 0.4) is 0 Å². The molecule has 2 N–H and O–H groups in total. The Bertz CT molecular complexity index is 131. The lowest BCUT2D eigenvalue weighted by Gasteiger charge is -2.18. The Labute approximate surface area is 71.5 Å². The molecule has 12 heavy (non-hydrogen) atoms. The first-order chi connectivity index (χ1) is 5.74. The molecule has 0 aliphatic heterocycles. The van der Waals surface area contributed by atoms with E-state index in [0.29, 0.717) is 19.2 Å². The molecule has 1 unspecified atom stereocenters. The number of amides is 2. The van der Waals surface area contributed by atoms with Gasteiger partial charge in [-0.1, -0.05) is 0 Å². The molecule has 0 aromatic heterocycles. The van der Waals surface area contributed by atoms with Gasteiger partial charge in [-0.3, -0.25) is 9.59 Å². The summed E-state index contributed by atoms with van der Waals surface area (Å²) in [6.07, 6.45) is 1.28. The van der Waals surface area contributed by atoms with Gasteiger partial charge in [0, 0.05) is 13.5 Å². The molecular formula is C7H14N2O3. The maximum atomic E-state index is 10.1. The Morgan fingerprint density at radius 1 is 1.33 bits per heavy atom. The summed E-state index contributed by atoms with van der Waals surface area (Å²) in [5, 5.41) is 4.89. The summed E-state index contributed by atoms with van der Waals surface area (Å²) in [4.78, 5) is 20.1. The normalized spacial score (nSPS) is 12.2. The van der Waals surface area contributed by atoms with E-state index in [2.05, 4.69) is 10.6 Å². The number of rotatable bonds is 7. The summed E-state index contributed by atoms with van der Waals surface area (Å²) in [6.45, 7) is 1.85. The SMILES string of the molecule is COC(C)CC(NC=O)NC=O. The first-order valence-corrected chi connectivity index (χ1v) is 3.66. The summed E-state index contributed by atoms with van der Waals surface area (Å²) < 4.78 is 4.96. The van der Waals surface area contributed by atoms with Gasteiger partial charge in [0.1, 0.15) is 6.17 Å². The predicted octanol–water partition coefficient (Wildman–Crippen LogP) is -0.770. The molecule has 70 valence electrons. The van der Waals surface area contributed by atoms with Gasteiger partial charge < -0.3 is 15.4 Å². The van der Waals surface area contributed by atoms with E-state index in [1.165, 1.54) is 0 Å². The number of hydrogen-bond acceptors (Lipinski definition) is 3. The van der Waals surface area contributed by atoms with Crippen LogP contribution < -0.4 is 10.6 Å². The zero-order valence-corrected chi connectivity index (χ0v) is 7.24. The lowest BCUT2D eigenvalue weighted by Crippen LogP contribution is -2.43. The zero-order valence-electron chi connectivity index (χ0n) is 7.24.